The van der Waals surface area contributed by atoms with Gasteiger partial charge in [0.1, 0.15) is 5.82 Å². The van der Waals surface area contributed by atoms with Crippen LogP contribution in [0.25, 0.3) is 10.9 Å². The molecule has 0 unspecified atom stereocenters. The molecule has 0 radical (unpaired) electrons. The predicted molar refractivity (Wildman–Crippen MR) is 93.5 cm³/mol. The van der Waals surface area contributed by atoms with Crippen molar-refractivity contribution in [1.29, 1.82) is 0 Å². The lowest BCUT2D eigenvalue weighted by Crippen LogP contribution is -2.29. The molecule has 2 aromatic rings. The highest BCUT2D eigenvalue weighted by Gasteiger charge is 2.25. The van der Waals surface area contributed by atoms with Gasteiger partial charge in [0.25, 0.3) is 0 Å². The van der Waals surface area contributed by atoms with Crippen LogP contribution in [-0.4, -0.2) is 4.98 Å². The highest BCUT2D eigenvalue weighted by Crippen LogP contribution is 2.35. The Morgan fingerprint density at radius 1 is 1.18 bits per heavy atom. The molecule has 1 aromatic carbocycles. The lowest BCUT2D eigenvalue weighted by Gasteiger charge is -2.32. The Bertz CT molecular complexity index is 716. The maximum atomic E-state index is 4.67. The van der Waals surface area contributed by atoms with E-state index in [1.54, 1.807) is 0 Å². The van der Waals surface area contributed by atoms with Crippen molar-refractivity contribution in [2.75, 3.05) is 5.43 Å². The van der Waals surface area contributed by atoms with Gasteiger partial charge in [0.05, 0.1) is 5.52 Å². The smallest absolute Gasteiger partial charge is 0.145 e. The standard InChI is InChI=1S/C19H25N3/c1-13-9-15(12-19(3,4)11-13)21-22-18-10-14(2)16-7-5-6-8-17(16)20-18/h5-8,10,12-13,21H,9,11H2,1-4H3,(H,20,22)/t13-/m1/s1. The number of hydrogen-bond donors (Lipinski definition) is 2. The molecule has 3 heteroatoms. The third kappa shape index (κ3) is 3.24. The van der Waals surface area contributed by atoms with Gasteiger partial charge in [-0.3, -0.25) is 5.43 Å². The Labute approximate surface area is 132 Å². The van der Waals surface area contributed by atoms with Crippen molar-refractivity contribution in [3.05, 3.63) is 47.7 Å². The summed E-state index contributed by atoms with van der Waals surface area (Å²) >= 11 is 0. The Hall–Kier alpha value is -2.03. The second kappa shape index (κ2) is 5.64. The topological polar surface area (TPSA) is 37.0 Å². The summed E-state index contributed by atoms with van der Waals surface area (Å²) in [5.41, 5.74) is 10.4. The van der Waals surface area contributed by atoms with Gasteiger partial charge in [0, 0.05) is 11.1 Å². The first-order valence-electron chi connectivity index (χ1n) is 8.03. The van der Waals surface area contributed by atoms with E-state index in [1.807, 2.05) is 6.07 Å². The molecule has 0 aliphatic heterocycles. The summed E-state index contributed by atoms with van der Waals surface area (Å²) in [6.45, 7) is 9.03. The van der Waals surface area contributed by atoms with Gasteiger partial charge in [-0.2, -0.15) is 0 Å². The van der Waals surface area contributed by atoms with Crippen LogP contribution >= 0.6 is 0 Å². The fourth-order valence-electron chi connectivity index (χ4n) is 3.58. The van der Waals surface area contributed by atoms with E-state index in [0.717, 1.165) is 17.8 Å². The van der Waals surface area contributed by atoms with Crippen LogP contribution < -0.4 is 10.9 Å². The number of pyridine rings is 1. The molecule has 0 spiro atoms. The van der Waals surface area contributed by atoms with Gasteiger partial charge >= 0.3 is 0 Å². The molecule has 116 valence electrons. The Kier molecular flexibility index (Phi) is 3.81. The second-order valence-corrected chi connectivity index (χ2v) is 7.26. The van der Waals surface area contributed by atoms with Crippen LogP contribution in [0.4, 0.5) is 5.82 Å². The van der Waals surface area contributed by atoms with Crippen LogP contribution in [-0.2, 0) is 0 Å². The van der Waals surface area contributed by atoms with Crippen molar-refractivity contribution < 1.29 is 0 Å². The molecule has 2 N–H and O–H groups in total. The number of rotatable bonds is 3. The van der Waals surface area contributed by atoms with E-state index < -0.39 is 0 Å². The molecule has 22 heavy (non-hydrogen) atoms. The monoisotopic (exact) mass is 295 g/mol. The lowest BCUT2D eigenvalue weighted by atomic mass is 9.76. The van der Waals surface area contributed by atoms with Crippen molar-refractivity contribution in [3.8, 4) is 0 Å². The van der Waals surface area contributed by atoms with E-state index in [1.165, 1.54) is 23.1 Å². The molecule has 0 fully saturated rings. The van der Waals surface area contributed by atoms with Crippen LogP contribution in [0, 0.1) is 18.3 Å². The normalized spacial score (nSPS) is 20.5. The minimum Gasteiger partial charge on any atom is -0.304 e. The maximum absolute atomic E-state index is 4.67. The van der Waals surface area contributed by atoms with Gasteiger partial charge < -0.3 is 5.43 Å². The number of allylic oxidation sites excluding steroid dienone is 2. The van der Waals surface area contributed by atoms with E-state index in [9.17, 15) is 0 Å². The summed E-state index contributed by atoms with van der Waals surface area (Å²) in [5.74, 6) is 1.57. The third-order valence-electron chi connectivity index (χ3n) is 4.28. The van der Waals surface area contributed by atoms with Crippen molar-refractivity contribution in [2.24, 2.45) is 11.3 Å². The third-order valence-corrected chi connectivity index (χ3v) is 4.28. The van der Waals surface area contributed by atoms with Gasteiger partial charge in [-0.25, -0.2) is 4.98 Å². The highest BCUT2D eigenvalue weighted by molar-refractivity contribution is 5.83. The molecule has 1 atom stereocenters. The van der Waals surface area contributed by atoms with E-state index >= 15 is 0 Å². The fourth-order valence-corrected chi connectivity index (χ4v) is 3.58. The average molecular weight is 295 g/mol. The molecule has 0 saturated carbocycles. The van der Waals surface area contributed by atoms with Crippen molar-refractivity contribution >= 4 is 16.7 Å². The molecular weight excluding hydrogens is 270 g/mol. The largest absolute Gasteiger partial charge is 0.304 e. The molecule has 3 rings (SSSR count). The molecular formula is C19H25N3. The quantitative estimate of drug-likeness (QED) is 0.799. The first kappa shape index (κ1) is 14.9. The summed E-state index contributed by atoms with van der Waals surface area (Å²) in [5, 5.41) is 1.21. The molecule has 0 bridgehead atoms. The van der Waals surface area contributed by atoms with Crippen molar-refractivity contribution in [2.45, 2.75) is 40.5 Å². The predicted octanol–water partition coefficient (Wildman–Crippen LogP) is 4.80. The first-order chi connectivity index (χ1) is 10.4. The van der Waals surface area contributed by atoms with Gasteiger partial charge in [-0.15, -0.1) is 0 Å². The number of hydrazine groups is 1. The highest BCUT2D eigenvalue weighted by atomic mass is 15.4. The van der Waals surface area contributed by atoms with Crippen LogP contribution in [0.1, 0.15) is 39.2 Å². The molecule has 1 heterocycles. The van der Waals surface area contributed by atoms with E-state index in [4.69, 9.17) is 0 Å². The molecule has 0 amide bonds. The van der Waals surface area contributed by atoms with Crippen LogP contribution in [0.2, 0.25) is 0 Å². The molecule has 1 aliphatic rings. The average Bonchev–Trinajstić information content (AvgIpc) is 2.43. The number of para-hydroxylation sites is 1. The van der Waals surface area contributed by atoms with E-state index in [0.29, 0.717) is 5.92 Å². The van der Waals surface area contributed by atoms with Gasteiger partial charge in [0.15, 0.2) is 0 Å². The number of fused-ring (bicyclic) bond motifs is 1. The van der Waals surface area contributed by atoms with E-state index in [2.05, 4.69) is 73.9 Å². The lowest BCUT2D eigenvalue weighted by molar-refractivity contribution is 0.316. The zero-order valence-electron chi connectivity index (χ0n) is 13.9. The number of nitrogens with one attached hydrogen (secondary N) is 2. The van der Waals surface area contributed by atoms with Gasteiger partial charge in [-0.05, 0) is 48.8 Å². The molecule has 3 nitrogen and oxygen atoms in total. The summed E-state index contributed by atoms with van der Waals surface area (Å²) in [6.07, 6.45) is 4.67. The summed E-state index contributed by atoms with van der Waals surface area (Å²) in [6, 6.07) is 10.3. The number of benzene rings is 1. The number of hydrogen-bond acceptors (Lipinski definition) is 3. The van der Waals surface area contributed by atoms with Crippen LogP contribution in [0.3, 0.4) is 0 Å². The summed E-state index contributed by atoms with van der Waals surface area (Å²) < 4.78 is 0. The molecule has 0 saturated heterocycles. The molecule has 1 aromatic heterocycles. The Morgan fingerprint density at radius 3 is 2.73 bits per heavy atom. The zero-order chi connectivity index (χ0) is 15.7. The fraction of sp³-hybridized carbons (Fsp3) is 0.421. The second-order valence-electron chi connectivity index (χ2n) is 7.26. The Balaban J connectivity index is 1.78. The van der Waals surface area contributed by atoms with Crippen LogP contribution in [0.15, 0.2) is 42.1 Å². The van der Waals surface area contributed by atoms with Crippen molar-refractivity contribution in [1.82, 2.24) is 10.4 Å². The first-order valence-corrected chi connectivity index (χ1v) is 8.03. The molecule has 1 aliphatic carbocycles. The van der Waals surface area contributed by atoms with Crippen LogP contribution in [0.5, 0.6) is 0 Å². The number of nitrogens with zero attached hydrogens (tertiary/aromatic N) is 1. The minimum absolute atomic E-state index is 0.258. The maximum Gasteiger partial charge on any atom is 0.145 e. The zero-order valence-corrected chi connectivity index (χ0v) is 13.9. The van der Waals surface area contributed by atoms with Gasteiger partial charge in [-0.1, -0.05) is 45.0 Å². The number of anilines is 1. The van der Waals surface area contributed by atoms with Gasteiger partial charge in [0.2, 0.25) is 0 Å². The SMILES string of the molecule is Cc1cc(NNC2=CC(C)(C)C[C@H](C)C2)nc2ccccc12. The van der Waals surface area contributed by atoms with Crippen molar-refractivity contribution in [3.63, 3.8) is 0 Å². The Morgan fingerprint density at radius 2 is 1.95 bits per heavy atom. The summed E-state index contributed by atoms with van der Waals surface area (Å²) in [7, 11) is 0. The number of aryl methyl sites for hydroxylation is 1. The summed E-state index contributed by atoms with van der Waals surface area (Å²) in [4.78, 5) is 4.67. The number of aromatic nitrogens is 1. The van der Waals surface area contributed by atoms with E-state index in [-0.39, 0.29) is 5.41 Å². The minimum atomic E-state index is 0.258.